The van der Waals surface area contributed by atoms with Crippen LogP contribution in [-0.2, 0) is 6.54 Å². The first-order valence-corrected chi connectivity index (χ1v) is 11.2. The van der Waals surface area contributed by atoms with Gasteiger partial charge >= 0.3 is 0 Å². The van der Waals surface area contributed by atoms with Crippen molar-refractivity contribution in [3.63, 3.8) is 0 Å². The minimum atomic E-state index is -0.456. The zero-order chi connectivity index (χ0) is 19.5. The highest BCUT2D eigenvalue weighted by atomic mass is 35.5. The number of Topliss-reactive ketones (excluding diaryl/α,β-unsaturated/α-hetero) is 1. The van der Waals surface area contributed by atoms with Crippen molar-refractivity contribution in [2.24, 2.45) is 5.92 Å². The second kappa shape index (κ2) is 8.73. The molecule has 0 N–H and O–H groups in total. The molecular formula is C23H25ClN2OS. The molecule has 1 aromatic heterocycles. The number of carbonyl (C=O) groups is 1. The van der Waals surface area contributed by atoms with Crippen molar-refractivity contribution in [1.82, 2.24) is 9.88 Å². The maximum atomic E-state index is 12.8. The van der Waals surface area contributed by atoms with E-state index in [1.165, 1.54) is 5.56 Å². The van der Waals surface area contributed by atoms with Crippen LogP contribution in [0.3, 0.4) is 0 Å². The second-order valence-corrected chi connectivity index (χ2v) is 9.45. The lowest BCUT2D eigenvalue weighted by molar-refractivity contribution is 0.0966. The van der Waals surface area contributed by atoms with E-state index in [9.17, 15) is 4.79 Å². The molecule has 1 aliphatic rings. The number of aromatic nitrogens is 1. The first-order chi connectivity index (χ1) is 13.6. The third-order valence-corrected chi connectivity index (χ3v) is 6.89. The van der Waals surface area contributed by atoms with Gasteiger partial charge in [0, 0.05) is 12.1 Å². The Morgan fingerprint density at radius 1 is 1.21 bits per heavy atom. The van der Waals surface area contributed by atoms with Gasteiger partial charge in [-0.05, 0) is 69.0 Å². The smallest absolute Gasteiger partial charge is 0.180 e. The number of fused-ring (bicyclic) bond motifs is 1. The Labute approximate surface area is 175 Å². The lowest BCUT2D eigenvalue weighted by atomic mass is 9.90. The number of ketones is 1. The average Bonchev–Trinajstić information content (AvgIpc) is 3.09. The van der Waals surface area contributed by atoms with Crippen LogP contribution in [0.15, 0.2) is 48.5 Å². The zero-order valence-electron chi connectivity index (χ0n) is 16.1. The monoisotopic (exact) mass is 412 g/mol. The summed E-state index contributed by atoms with van der Waals surface area (Å²) < 4.78 is 1.12. The molecule has 3 aromatic rings. The van der Waals surface area contributed by atoms with Crippen LogP contribution in [0.1, 0.15) is 40.2 Å². The number of benzene rings is 2. The van der Waals surface area contributed by atoms with Gasteiger partial charge in [0.15, 0.2) is 5.78 Å². The van der Waals surface area contributed by atoms with Crippen molar-refractivity contribution in [3.05, 3.63) is 64.7 Å². The summed E-state index contributed by atoms with van der Waals surface area (Å²) in [4.78, 5) is 19.8. The molecular weight excluding hydrogens is 388 g/mol. The number of aryl methyl sites for hydroxylation is 1. The molecule has 4 rings (SSSR count). The number of rotatable bonds is 6. The van der Waals surface area contributed by atoms with Crippen molar-refractivity contribution in [1.29, 1.82) is 0 Å². The van der Waals surface area contributed by atoms with Gasteiger partial charge in [0.05, 0.1) is 20.6 Å². The number of nitrogens with zero attached hydrogens (tertiary/aromatic N) is 2. The number of hydrogen-bond donors (Lipinski definition) is 0. The maximum Gasteiger partial charge on any atom is 0.180 e. The van der Waals surface area contributed by atoms with E-state index in [0.29, 0.717) is 11.5 Å². The van der Waals surface area contributed by atoms with E-state index >= 15 is 0 Å². The molecule has 0 bridgehead atoms. The van der Waals surface area contributed by atoms with E-state index in [1.807, 2.05) is 25.1 Å². The highest BCUT2D eigenvalue weighted by Crippen LogP contribution is 2.28. The number of thiazole rings is 1. The molecule has 0 saturated carbocycles. The predicted octanol–water partition coefficient (Wildman–Crippen LogP) is 5.70. The molecule has 1 unspecified atom stereocenters. The van der Waals surface area contributed by atoms with E-state index in [2.05, 4.69) is 40.2 Å². The van der Waals surface area contributed by atoms with E-state index in [1.54, 1.807) is 11.3 Å². The molecule has 0 aliphatic carbocycles. The molecule has 146 valence electrons. The number of likely N-dealkylation sites (tertiary alicyclic amines) is 1. The van der Waals surface area contributed by atoms with Crippen molar-refractivity contribution in [2.75, 3.05) is 13.1 Å². The van der Waals surface area contributed by atoms with Crippen LogP contribution in [0.5, 0.6) is 0 Å². The number of halogens is 1. The van der Waals surface area contributed by atoms with Crippen molar-refractivity contribution in [2.45, 2.75) is 38.1 Å². The fourth-order valence-electron chi connectivity index (χ4n) is 4.00. The van der Waals surface area contributed by atoms with Gasteiger partial charge in [0.1, 0.15) is 0 Å². The number of hydrogen-bond acceptors (Lipinski definition) is 4. The zero-order valence-corrected chi connectivity index (χ0v) is 17.7. The van der Waals surface area contributed by atoms with E-state index in [0.717, 1.165) is 54.1 Å². The lowest BCUT2D eigenvalue weighted by Crippen LogP contribution is -2.34. The largest absolute Gasteiger partial charge is 0.299 e. The predicted molar refractivity (Wildman–Crippen MR) is 117 cm³/mol. The topological polar surface area (TPSA) is 33.2 Å². The van der Waals surface area contributed by atoms with Gasteiger partial charge in [-0.25, -0.2) is 4.98 Å². The first kappa shape index (κ1) is 19.6. The molecule has 1 saturated heterocycles. The standard InChI is InChI=1S/C23H25ClN2OS/c1-16-25-21-14-19(7-8-22(21)28-16)23(27)20(24)13-17-9-11-26(12-10-17)15-18-5-3-2-4-6-18/h2-8,14,17,20H,9-13,15H2,1H3. The summed E-state index contributed by atoms with van der Waals surface area (Å²) >= 11 is 8.19. The molecule has 1 atom stereocenters. The van der Waals surface area contributed by atoms with E-state index < -0.39 is 5.38 Å². The highest BCUT2D eigenvalue weighted by Gasteiger charge is 2.26. The summed E-state index contributed by atoms with van der Waals surface area (Å²) in [6.45, 7) is 5.13. The van der Waals surface area contributed by atoms with Crippen LogP contribution < -0.4 is 0 Å². The van der Waals surface area contributed by atoms with Gasteiger partial charge in [-0.1, -0.05) is 30.3 Å². The fourth-order valence-corrected chi connectivity index (χ4v) is 5.18. The summed E-state index contributed by atoms with van der Waals surface area (Å²) in [7, 11) is 0. The molecule has 2 heterocycles. The Morgan fingerprint density at radius 2 is 1.96 bits per heavy atom. The molecule has 2 aromatic carbocycles. The minimum Gasteiger partial charge on any atom is -0.299 e. The van der Waals surface area contributed by atoms with Gasteiger partial charge in [-0.3, -0.25) is 9.69 Å². The molecule has 1 fully saturated rings. The summed E-state index contributed by atoms with van der Waals surface area (Å²) in [5.41, 5.74) is 2.93. The van der Waals surface area contributed by atoms with Crippen LogP contribution in [0.2, 0.25) is 0 Å². The Morgan fingerprint density at radius 3 is 2.71 bits per heavy atom. The van der Waals surface area contributed by atoms with Crippen molar-refractivity contribution >= 4 is 38.9 Å². The molecule has 0 radical (unpaired) electrons. The third-order valence-electron chi connectivity index (χ3n) is 5.56. The van der Waals surface area contributed by atoms with Crippen molar-refractivity contribution < 1.29 is 4.79 Å². The quantitative estimate of drug-likeness (QED) is 0.384. The fraction of sp³-hybridized carbons (Fsp3) is 0.391. The summed E-state index contributed by atoms with van der Waals surface area (Å²) in [5.74, 6) is 0.546. The Bertz CT molecular complexity index is 948. The van der Waals surface area contributed by atoms with Crippen molar-refractivity contribution in [3.8, 4) is 0 Å². The van der Waals surface area contributed by atoms with Gasteiger partial charge < -0.3 is 0 Å². The summed E-state index contributed by atoms with van der Waals surface area (Å²) in [5, 5.41) is 0.562. The number of carbonyl (C=O) groups excluding carboxylic acids is 1. The summed E-state index contributed by atoms with van der Waals surface area (Å²) in [6, 6.07) is 16.4. The van der Waals surface area contributed by atoms with Gasteiger partial charge in [-0.15, -0.1) is 22.9 Å². The van der Waals surface area contributed by atoms with Crippen LogP contribution in [-0.4, -0.2) is 34.1 Å². The molecule has 0 spiro atoms. The van der Waals surface area contributed by atoms with Gasteiger partial charge in [0.25, 0.3) is 0 Å². The third kappa shape index (κ3) is 4.62. The van der Waals surface area contributed by atoms with Gasteiger partial charge in [-0.2, -0.15) is 0 Å². The highest BCUT2D eigenvalue weighted by molar-refractivity contribution is 7.18. The van der Waals surface area contributed by atoms with Gasteiger partial charge in [0.2, 0.25) is 0 Å². The van der Waals surface area contributed by atoms with Crippen LogP contribution in [0.4, 0.5) is 0 Å². The first-order valence-electron chi connectivity index (χ1n) is 9.90. The van der Waals surface area contributed by atoms with Crippen LogP contribution in [0.25, 0.3) is 10.2 Å². The van der Waals surface area contributed by atoms with Crippen LogP contribution >= 0.6 is 22.9 Å². The normalized spacial score (nSPS) is 17.1. The number of piperidine rings is 1. The number of alkyl halides is 1. The lowest BCUT2D eigenvalue weighted by Gasteiger charge is -2.32. The maximum absolute atomic E-state index is 12.8. The Hall–Kier alpha value is -1.75. The molecule has 28 heavy (non-hydrogen) atoms. The minimum absolute atomic E-state index is 0.0286. The Balaban J connectivity index is 1.31. The Kier molecular flexibility index (Phi) is 6.10. The SMILES string of the molecule is Cc1nc2cc(C(=O)C(Cl)CC3CCN(Cc4ccccc4)CC3)ccc2s1. The molecule has 0 amide bonds. The van der Waals surface area contributed by atoms with E-state index in [4.69, 9.17) is 11.6 Å². The van der Waals surface area contributed by atoms with Crippen LogP contribution in [0, 0.1) is 12.8 Å². The second-order valence-electron chi connectivity index (χ2n) is 7.69. The summed E-state index contributed by atoms with van der Waals surface area (Å²) in [6.07, 6.45) is 2.97. The molecule has 1 aliphatic heterocycles. The molecule has 5 heteroatoms. The molecule has 3 nitrogen and oxygen atoms in total. The van der Waals surface area contributed by atoms with E-state index in [-0.39, 0.29) is 5.78 Å². The average molecular weight is 413 g/mol.